The molecule has 1 N–H and O–H groups in total. The van der Waals surface area contributed by atoms with Crippen molar-refractivity contribution in [1.29, 1.82) is 0 Å². The van der Waals surface area contributed by atoms with Crippen molar-refractivity contribution < 1.29 is 4.79 Å². The fourth-order valence-electron chi connectivity index (χ4n) is 3.15. The maximum atomic E-state index is 13.3. The molecule has 0 aliphatic carbocycles. The number of fused-ring (bicyclic) bond motifs is 1. The number of benzene rings is 3. The number of nitrogens with one attached hydrogen (secondary N) is 1. The number of carbonyl (C=O) groups excluding carboxylic acids is 1. The molecule has 9 heteroatoms. The Morgan fingerprint density at radius 3 is 2.38 bits per heavy atom. The van der Waals surface area contributed by atoms with E-state index in [1.807, 2.05) is 55.5 Å². The van der Waals surface area contributed by atoms with Crippen LogP contribution < -0.4 is 10.9 Å². The maximum Gasteiger partial charge on any atom is 0.266 e. The average Bonchev–Trinajstić information content (AvgIpc) is 2.76. The first-order valence-corrected chi connectivity index (χ1v) is 12.9. The predicted molar refractivity (Wildman–Crippen MR) is 141 cm³/mol. The molecule has 5 nitrogen and oxygen atoms in total. The SMILES string of the molecule is Cc1cc(Br)c(NC(=O)CSc2nc3ccccc3c(=O)n2-c2ccc(Br)cc2)c(Br)c1. The smallest absolute Gasteiger partial charge is 0.266 e. The number of aromatic nitrogens is 2. The van der Waals surface area contributed by atoms with E-state index in [-0.39, 0.29) is 17.2 Å². The van der Waals surface area contributed by atoms with E-state index in [1.165, 1.54) is 11.8 Å². The molecule has 4 aromatic rings. The van der Waals surface area contributed by atoms with Gasteiger partial charge >= 0.3 is 0 Å². The molecule has 4 rings (SSSR count). The molecule has 0 atom stereocenters. The Morgan fingerprint density at radius 1 is 1.03 bits per heavy atom. The number of rotatable bonds is 5. The molecule has 1 aromatic heterocycles. The van der Waals surface area contributed by atoms with E-state index in [9.17, 15) is 9.59 Å². The van der Waals surface area contributed by atoms with Crippen LogP contribution in [0.15, 0.2) is 84.0 Å². The molecule has 1 amide bonds. The molecule has 0 radical (unpaired) electrons. The van der Waals surface area contributed by atoms with Crippen molar-refractivity contribution in [3.8, 4) is 5.69 Å². The number of para-hydroxylation sites is 1. The van der Waals surface area contributed by atoms with E-state index in [1.54, 1.807) is 16.7 Å². The molecule has 0 aliphatic rings. The second kappa shape index (κ2) is 9.91. The highest BCUT2D eigenvalue weighted by Gasteiger charge is 2.16. The zero-order valence-electron chi connectivity index (χ0n) is 16.7. The number of thioether (sulfide) groups is 1. The number of anilines is 1. The Labute approximate surface area is 214 Å². The monoisotopic (exact) mass is 635 g/mol. The lowest BCUT2D eigenvalue weighted by atomic mass is 10.2. The Kier molecular flexibility index (Phi) is 7.19. The molecule has 0 spiro atoms. The Morgan fingerprint density at radius 2 is 1.69 bits per heavy atom. The van der Waals surface area contributed by atoms with Crippen LogP contribution in [0.4, 0.5) is 5.69 Å². The van der Waals surface area contributed by atoms with Gasteiger partial charge in [0.05, 0.1) is 28.0 Å². The molecule has 0 bridgehead atoms. The highest BCUT2D eigenvalue weighted by atomic mass is 79.9. The van der Waals surface area contributed by atoms with Gasteiger partial charge in [-0.1, -0.05) is 39.8 Å². The second-order valence-electron chi connectivity index (χ2n) is 6.97. The standard InChI is InChI=1S/C23H16Br3N3O2S/c1-13-10-17(25)21(18(26)11-13)28-20(30)12-32-23-27-19-5-3-2-4-16(19)22(31)29(23)15-8-6-14(24)7-9-15/h2-11H,12H2,1H3,(H,28,30). The molecule has 3 aromatic carbocycles. The van der Waals surface area contributed by atoms with Gasteiger partial charge in [0.2, 0.25) is 5.91 Å². The van der Waals surface area contributed by atoms with Crippen molar-refractivity contribution in [3.63, 3.8) is 0 Å². The number of nitrogens with zero attached hydrogens (tertiary/aromatic N) is 2. The zero-order chi connectivity index (χ0) is 22.8. The number of halogens is 3. The first-order chi connectivity index (χ1) is 15.3. The van der Waals surface area contributed by atoms with E-state index in [4.69, 9.17) is 0 Å². The summed E-state index contributed by atoms with van der Waals surface area (Å²) in [6.45, 7) is 1.98. The van der Waals surface area contributed by atoms with E-state index in [0.717, 1.165) is 19.0 Å². The molecule has 1 heterocycles. The molecule has 0 saturated heterocycles. The lowest BCUT2D eigenvalue weighted by Crippen LogP contribution is -2.23. The molecule has 0 fully saturated rings. The van der Waals surface area contributed by atoms with Gasteiger partial charge < -0.3 is 5.32 Å². The summed E-state index contributed by atoms with van der Waals surface area (Å²) in [6, 6.07) is 18.5. The average molecular weight is 638 g/mol. The molecule has 0 unspecified atom stereocenters. The van der Waals surface area contributed by atoms with Crippen LogP contribution in [0.5, 0.6) is 0 Å². The lowest BCUT2D eigenvalue weighted by Gasteiger charge is -2.14. The Balaban J connectivity index is 1.67. The van der Waals surface area contributed by atoms with E-state index >= 15 is 0 Å². The third-order valence-electron chi connectivity index (χ3n) is 4.61. The summed E-state index contributed by atoms with van der Waals surface area (Å²) in [5.74, 6) is -0.112. The van der Waals surface area contributed by atoms with Crippen molar-refractivity contribution in [3.05, 3.63) is 90.0 Å². The highest BCUT2D eigenvalue weighted by Crippen LogP contribution is 2.32. The normalized spacial score (nSPS) is 11.0. The maximum absolute atomic E-state index is 13.3. The van der Waals surface area contributed by atoms with Gasteiger partial charge in [-0.15, -0.1) is 0 Å². The number of aryl methyl sites for hydroxylation is 1. The summed E-state index contributed by atoms with van der Waals surface area (Å²) in [5, 5.41) is 3.90. The molecular weight excluding hydrogens is 622 g/mol. The minimum Gasteiger partial charge on any atom is -0.323 e. The third-order valence-corrected chi connectivity index (χ3v) is 7.33. The molecular formula is C23H16Br3N3O2S. The van der Waals surface area contributed by atoms with Crippen LogP contribution in [0, 0.1) is 6.92 Å². The van der Waals surface area contributed by atoms with Crippen LogP contribution >= 0.6 is 59.6 Å². The minimum atomic E-state index is -0.204. The summed E-state index contributed by atoms with van der Waals surface area (Å²) < 4.78 is 4.03. The number of amides is 1. The van der Waals surface area contributed by atoms with E-state index in [0.29, 0.717) is 27.4 Å². The largest absolute Gasteiger partial charge is 0.323 e. The van der Waals surface area contributed by atoms with Crippen LogP contribution in [-0.4, -0.2) is 21.2 Å². The summed E-state index contributed by atoms with van der Waals surface area (Å²) >= 11 is 11.6. The first-order valence-electron chi connectivity index (χ1n) is 9.49. The van der Waals surface area contributed by atoms with E-state index in [2.05, 4.69) is 58.1 Å². The molecule has 32 heavy (non-hydrogen) atoms. The van der Waals surface area contributed by atoms with Crippen LogP contribution in [0.1, 0.15) is 5.56 Å². The fraction of sp³-hybridized carbons (Fsp3) is 0.0870. The quantitative estimate of drug-likeness (QED) is 0.195. The summed E-state index contributed by atoms with van der Waals surface area (Å²) in [7, 11) is 0. The van der Waals surface area contributed by atoms with E-state index < -0.39 is 0 Å². The second-order valence-corrected chi connectivity index (χ2v) is 10.5. The van der Waals surface area contributed by atoms with Crippen LogP contribution in [0.2, 0.25) is 0 Å². The van der Waals surface area contributed by atoms with Crippen LogP contribution in [0.25, 0.3) is 16.6 Å². The molecule has 0 saturated carbocycles. The van der Waals surface area contributed by atoms with Crippen molar-refractivity contribution in [2.45, 2.75) is 12.1 Å². The Hall–Kier alpha value is -1.94. The highest BCUT2D eigenvalue weighted by molar-refractivity contribution is 9.11. The molecule has 162 valence electrons. The third kappa shape index (κ3) is 5.01. The molecule has 0 aliphatic heterocycles. The number of hydrogen-bond acceptors (Lipinski definition) is 4. The lowest BCUT2D eigenvalue weighted by molar-refractivity contribution is -0.113. The predicted octanol–water partition coefficient (Wildman–Crippen LogP) is 6.71. The summed E-state index contributed by atoms with van der Waals surface area (Å²) in [4.78, 5) is 30.7. The van der Waals surface area contributed by atoms with Gasteiger partial charge in [-0.25, -0.2) is 4.98 Å². The van der Waals surface area contributed by atoms with Gasteiger partial charge in [0.25, 0.3) is 5.56 Å². The van der Waals surface area contributed by atoms with Crippen molar-refractivity contribution in [1.82, 2.24) is 9.55 Å². The topological polar surface area (TPSA) is 64.0 Å². The minimum absolute atomic E-state index is 0.0913. The zero-order valence-corrected chi connectivity index (χ0v) is 22.3. The van der Waals surface area contributed by atoms with Gasteiger partial charge in [0, 0.05) is 13.4 Å². The number of carbonyl (C=O) groups is 1. The van der Waals surface area contributed by atoms with Gasteiger partial charge in [-0.2, -0.15) is 0 Å². The van der Waals surface area contributed by atoms with Gasteiger partial charge in [0.15, 0.2) is 5.16 Å². The Bertz CT molecular complexity index is 1360. The van der Waals surface area contributed by atoms with Crippen molar-refractivity contribution >= 4 is 82.0 Å². The van der Waals surface area contributed by atoms with Crippen LogP contribution in [0.3, 0.4) is 0 Å². The first kappa shape index (κ1) is 23.2. The van der Waals surface area contributed by atoms with Gasteiger partial charge in [-0.05, 0) is 92.9 Å². The summed E-state index contributed by atoms with van der Waals surface area (Å²) in [6.07, 6.45) is 0. The summed E-state index contributed by atoms with van der Waals surface area (Å²) in [5.41, 5.74) is 2.83. The van der Waals surface area contributed by atoms with Crippen LogP contribution in [-0.2, 0) is 4.79 Å². The fourth-order valence-corrected chi connectivity index (χ4v) is 5.84. The van der Waals surface area contributed by atoms with Gasteiger partial charge in [-0.3, -0.25) is 14.2 Å². The number of hydrogen-bond donors (Lipinski definition) is 1. The van der Waals surface area contributed by atoms with Crippen molar-refractivity contribution in [2.75, 3.05) is 11.1 Å². The van der Waals surface area contributed by atoms with Gasteiger partial charge in [0.1, 0.15) is 0 Å². The van der Waals surface area contributed by atoms with Crippen molar-refractivity contribution in [2.24, 2.45) is 0 Å².